The quantitative estimate of drug-likeness (QED) is 0.585. The fourth-order valence-electron chi connectivity index (χ4n) is 1.27. The summed E-state index contributed by atoms with van der Waals surface area (Å²) in [5, 5.41) is 0.965. The summed E-state index contributed by atoms with van der Waals surface area (Å²) in [6, 6.07) is 5.74. The molecule has 0 aliphatic rings. The summed E-state index contributed by atoms with van der Waals surface area (Å²) in [6.45, 7) is 0. The fraction of sp³-hybridized carbons (Fsp3) is 0.364. The van der Waals surface area contributed by atoms with Crippen LogP contribution >= 0.6 is 11.8 Å². The van der Waals surface area contributed by atoms with Gasteiger partial charge in [-0.1, -0.05) is 0 Å². The lowest BCUT2D eigenvalue weighted by Crippen LogP contribution is -1.97. The Bertz CT molecular complexity index is 341. The molecule has 1 rings (SSSR count). The first kappa shape index (κ1) is 11.9. The van der Waals surface area contributed by atoms with Gasteiger partial charge in [0.15, 0.2) is 0 Å². The molecule has 0 N–H and O–H groups in total. The van der Waals surface area contributed by atoms with E-state index >= 15 is 0 Å². The minimum Gasteiger partial charge on any atom is -0.497 e. The third-order valence-corrected chi connectivity index (χ3v) is 2.80. The number of hydrogen-bond donors (Lipinski definition) is 0. The number of thioether (sulfide) groups is 1. The molecule has 15 heavy (non-hydrogen) atoms. The molecule has 0 bridgehead atoms. The first-order valence-electron chi connectivity index (χ1n) is 4.49. The Morgan fingerprint density at radius 1 is 1.13 bits per heavy atom. The van der Waals surface area contributed by atoms with E-state index in [1.807, 2.05) is 24.5 Å². The monoisotopic (exact) mass is 225 g/mol. The zero-order chi connectivity index (χ0) is 11.3. The maximum atomic E-state index is 5.19. The highest BCUT2D eigenvalue weighted by atomic mass is 32.2. The third-order valence-electron chi connectivity index (χ3n) is 1.99. The van der Waals surface area contributed by atoms with E-state index in [4.69, 9.17) is 9.47 Å². The van der Waals surface area contributed by atoms with E-state index in [-0.39, 0.29) is 0 Å². The van der Waals surface area contributed by atoms with Crippen LogP contribution in [0.2, 0.25) is 0 Å². The van der Waals surface area contributed by atoms with Gasteiger partial charge in [0.25, 0.3) is 0 Å². The molecule has 3 nitrogen and oxygen atoms in total. The number of aliphatic imine (C=N–C) groups is 1. The lowest BCUT2D eigenvalue weighted by molar-refractivity contribution is 0.394. The van der Waals surface area contributed by atoms with Gasteiger partial charge in [0.2, 0.25) is 0 Å². The number of rotatable bonds is 3. The number of ether oxygens (including phenoxy) is 2. The molecule has 0 saturated carbocycles. The highest BCUT2D eigenvalue weighted by Gasteiger charge is 2.06. The molecule has 0 atom stereocenters. The van der Waals surface area contributed by atoms with Crippen molar-refractivity contribution >= 4 is 16.8 Å². The summed E-state index contributed by atoms with van der Waals surface area (Å²) in [5.41, 5.74) is 1.02. The van der Waals surface area contributed by atoms with Crippen LogP contribution in [0.5, 0.6) is 11.5 Å². The van der Waals surface area contributed by atoms with Crippen molar-refractivity contribution in [2.75, 3.05) is 27.5 Å². The predicted octanol–water partition coefficient (Wildman–Crippen LogP) is 2.44. The normalized spacial score (nSPS) is 11.3. The van der Waals surface area contributed by atoms with Crippen molar-refractivity contribution in [1.29, 1.82) is 0 Å². The molecule has 1 aromatic rings. The van der Waals surface area contributed by atoms with Gasteiger partial charge in [0.05, 0.1) is 19.3 Å². The summed E-state index contributed by atoms with van der Waals surface area (Å²) in [6.07, 6.45) is 1.99. The van der Waals surface area contributed by atoms with Gasteiger partial charge < -0.3 is 9.47 Å². The van der Waals surface area contributed by atoms with Gasteiger partial charge in [-0.05, 0) is 18.4 Å². The second-order valence-electron chi connectivity index (χ2n) is 2.83. The molecule has 4 heteroatoms. The van der Waals surface area contributed by atoms with Crippen LogP contribution in [0.25, 0.3) is 0 Å². The van der Waals surface area contributed by atoms with Crippen molar-refractivity contribution in [3.05, 3.63) is 23.8 Å². The van der Waals surface area contributed by atoms with Crippen LogP contribution in [0.4, 0.5) is 0 Å². The van der Waals surface area contributed by atoms with E-state index in [1.54, 1.807) is 33.0 Å². The minimum atomic E-state index is 0.777. The second-order valence-corrected chi connectivity index (χ2v) is 3.63. The Labute approximate surface area is 94.5 Å². The van der Waals surface area contributed by atoms with Gasteiger partial charge in [-0.15, -0.1) is 11.8 Å². The molecule has 0 amide bonds. The predicted molar refractivity (Wildman–Crippen MR) is 65.5 cm³/mol. The van der Waals surface area contributed by atoms with Crippen molar-refractivity contribution in [3.63, 3.8) is 0 Å². The topological polar surface area (TPSA) is 30.8 Å². The summed E-state index contributed by atoms with van der Waals surface area (Å²) >= 11 is 1.60. The van der Waals surface area contributed by atoms with Crippen LogP contribution in [0.1, 0.15) is 5.56 Å². The summed E-state index contributed by atoms with van der Waals surface area (Å²) in [4.78, 5) is 4.20. The maximum Gasteiger partial charge on any atom is 0.123 e. The van der Waals surface area contributed by atoms with Crippen molar-refractivity contribution in [1.82, 2.24) is 0 Å². The smallest absolute Gasteiger partial charge is 0.123 e. The molecule has 0 radical (unpaired) electrons. The highest BCUT2D eigenvalue weighted by molar-refractivity contribution is 8.13. The van der Waals surface area contributed by atoms with Gasteiger partial charge in [-0.3, -0.25) is 4.99 Å². The molecule has 0 aliphatic carbocycles. The summed E-state index contributed by atoms with van der Waals surface area (Å²) in [5.74, 6) is 1.55. The Morgan fingerprint density at radius 2 is 1.67 bits per heavy atom. The van der Waals surface area contributed by atoms with Crippen LogP contribution in [0.15, 0.2) is 23.2 Å². The second kappa shape index (κ2) is 5.66. The first-order valence-corrected chi connectivity index (χ1v) is 5.71. The molecular formula is C11H15NO2S. The third kappa shape index (κ3) is 2.89. The van der Waals surface area contributed by atoms with Gasteiger partial charge in [-0.2, -0.15) is 0 Å². The van der Waals surface area contributed by atoms with Crippen LogP contribution in [-0.4, -0.2) is 32.6 Å². The van der Waals surface area contributed by atoms with Gasteiger partial charge >= 0.3 is 0 Å². The average Bonchev–Trinajstić information content (AvgIpc) is 2.30. The standard InChI is InChI=1S/C11H15NO2S/c1-12-11(15-4)8-5-9(13-2)7-10(6-8)14-3/h5-7H,1-4H3. The molecule has 1 aromatic carbocycles. The summed E-state index contributed by atoms with van der Waals surface area (Å²) < 4.78 is 10.4. The lowest BCUT2D eigenvalue weighted by Gasteiger charge is -2.08. The minimum absolute atomic E-state index is 0.777. The number of nitrogens with zero attached hydrogens (tertiary/aromatic N) is 1. The largest absolute Gasteiger partial charge is 0.497 e. The van der Waals surface area contributed by atoms with Crippen molar-refractivity contribution in [2.45, 2.75) is 0 Å². The van der Waals surface area contributed by atoms with E-state index in [0.29, 0.717) is 0 Å². The van der Waals surface area contributed by atoms with E-state index < -0.39 is 0 Å². The van der Waals surface area contributed by atoms with Crippen molar-refractivity contribution in [2.24, 2.45) is 4.99 Å². The molecule has 0 unspecified atom stereocenters. The Morgan fingerprint density at radius 3 is 2.00 bits per heavy atom. The zero-order valence-electron chi connectivity index (χ0n) is 9.40. The average molecular weight is 225 g/mol. The van der Waals surface area contributed by atoms with Gasteiger partial charge in [0.1, 0.15) is 11.5 Å². The maximum absolute atomic E-state index is 5.19. The lowest BCUT2D eigenvalue weighted by atomic mass is 10.2. The van der Waals surface area contributed by atoms with E-state index in [1.165, 1.54) is 0 Å². The SMILES string of the molecule is CN=C(SC)c1cc(OC)cc(OC)c1. The Hall–Kier alpha value is -1.16. The van der Waals surface area contributed by atoms with Crippen molar-refractivity contribution in [3.8, 4) is 11.5 Å². The van der Waals surface area contributed by atoms with Crippen LogP contribution in [0.3, 0.4) is 0 Å². The van der Waals surface area contributed by atoms with Gasteiger partial charge in [0, 0.05) is 18.7 Å². The van der Waals surface area contributed by atoms with Gasteiger partial charge in [-0.25, -0.2) is 0 Å². The molecule has 0 aliphatic heterocycles. The molecule has 0 saturated heterocycles. The highest BCUT2D eigenvalue weighted by Crippen LogP contribution is 2.24. The number of hydrogen-bond acceptors (Lipinski definition) is 4. The Balaban J connectivity index is 3.17. The molecule has 0 spiro atoms. The van der Waals surface area contributed by atoms with E-state index in [9.17, 15) is 0 Å². The number of benzene rings is 1. The van der Waals surface area contributed by atoms with Crippen molar-refractivity contribution < 1.29 is 9.47 Å². The van der Waals surface area contributed by atoms with E-state index in [0.717, 1.165) is 22.1 Å². The van der Waals surface area contributed by atoms with Crippen LogP contribution in [-0.2, 0) is 0 Å². The van der Waals surface area contributed by atoms with Crippen LogP contribution < -0.4 is 9.47 Å². The molecule has 0 aromatic heterocycles. The molecule has 0 fully saturated rings. The molecular weight excluding hydrogens is 210 g/mol. The first-order chi connectivity index (χ1) is 7.24. The summed E-state index contributed by atoms with van der Waals surface area (Å²) in [7, 11) is 5.05. The fourth-order valence-corrected chi connectivity index (χ4v) is 1.81. The van der Waals surface area contributed by atoms with E-state index in [2.05, 4.69) is 4.99 Å². The number of methoxy groups -OCH3 is 2. The molecule has 82 valence electrons. The molecule has 0 heterocycles. The Kier molecular flexibility index (Phi) is 4.49. The van der Waals surface area contributed by atoms with Crippen LogP contribution in [0, 0.1) is 0 Å². The zero-order valence-corrected chi connectivity index (χ0v) is 10.2.